The summed E-state index contributed by atoms with van der Waals surface area (Å²) in [5.41, 5.74) is 14.8. The summed E-state index contributed by atoms with van der Waals surface area (Å²) in [5, 5.41) is 4.66. The molecular weight excluding hydrogens is 609 g/mol. The van der Waals surface area contributed by atoms with Crippen LogP contribution < -0.4 is 0 Å². The summed E-state index contributed by atoms with van der Waals surface area (Å²) in [6.45, 7) is 0. The first-order valence-corrected chi connectivity index (χ1v) is 16.9. The number of para-hydroxylation sites is 2. The molecule has 3 aromatic heterocycles. The van der Waals surface area contributed by atoms with E-state index in [1.807, 2.05) is 12.3 Å². The molecule has 0 atom stereocenters. The van der Waals surface area contributed by atoms with Gasteiger partial charge in [0.15, 0.2) is 0 Å². The lowest BCUT2D eigenvalue weighted by Crippen LogP contribution is -1.94. The predicted octanol–water partition coefficient (Wildman–Crippen LogP) is 12.7. The lowest BCUT2D eigenvalue weighted by molar-refractivity contribution is 0.668. The van der Waals surface area contributed by atoms with Gasteiger partial charge in [0.1, 0.15) is 11.2 Å². The minimum atomic E-state index is 0.859. The Morgan fingerprint density at radius 2 is 0.840 bits per heavy atom. The minimum absolute atomic E-state index is 0.859. The first kappa shape index (κ1) is 28.3. The molecule has 0 amide bonds. The van der Waals surface area contributed by atoms with E-state index in [0.29, 0.717) is 0 Å². The van der Waals surface area contributed by atoms with Gasteiger partial charge in [-0.2, -0.15) is 0 Å². The van der Waals surface area contributed by atoms with Crippen molar-refractivity contribution in [1.29, 1.82) is 0 Å². The van der Waals surface area contributed by atoms with E-state index in [-0.39, 0.29) is 0 Å². The summed E-state index contributed by atoms with van der Waals surface area (Å²) in [5.74, 6) is 0. The Morgan fingerprint density at radius 1 is 0.360 bits per heavy atom. The predicted molar refractivity (Wildman–Crippen MR) is 208 cm³/mol. The van der Waals surface area contributed by atoms with E-state index in [0.717, 1.165) is 38.8 Å². The number of hydrogen-bond donors (Lipinski definition) is 0. The van der Waals surface area contributed by atoms with Crippen LogP contribution in [-0.2, 0) is 0 Å². The molecule has 234 valence electrons. The van der Waals surface area contributed by atoms with Crippen molar-refractivity contribution in [3.8, 4) is 50.2 Å². The number of aromatic nitrogens is 2. The van der Waals surface area contributed by atoms with E-state index in [4.69, 9.17) is 4.42 Å². The highest BCUT2D eigenvalue weighted by Gasteiger charge is 2.13. The Hall–Kier alpha value is -6.71. The largest absolute Gasteiger partial charge is 0.456 e. The molecule has 0 spiro atoms. The van der Waals surface area contributed by atoms with Gasteiger partial charge in [0.25, 0.3) is 0 Å². The van der Waals surface area contributed by atoms with Gasteiger partial charge in [-0.3, -0.25) is 4.98 Å². The van der Waals surface area contributed by atoms with Gasteiger partial charge in [-0.05, 0) is 105 Å². The SMILES string of the molecule is c1cc(-c2cccc(-c3cccc(-n4c5ccccc5c5ccccc54)c3)c2)cc(-c2cccc(-c3ccc4oc5ccncc5c4c3)c2)c1. The number of fused-ring (bicyclic) bond motifs is 6. The van der Waals surface area contributed by atoms with Crippen LogP contribution in [0.4, 0.5) is 0 Å². The smallest absolute Gasteiger partial charge is 0.138 e. The zero-order valence-electron chi connectivity index (χ0n) is 27.1. The van der Waals surface area contributed by atoms with Gasteiger partial charge in [-0.15, -0.1) is 0 Å². The fourth-order valence-electron chi connectivity index (χ4n) is 7.46. The highest BCUT2D eigenvalue weighted by molar-refractivity contribution is 6.09. The van der Waals surface area contributed by atoms with E-state index >= 15 is 0 Å². The normalized spacial score (nSPS) is 11.6. The third kappa shape index (κ3) is 4.71. The molecule has 10 rings (SSSR count). The van der Waals surface area contributed by atoms with Crippen molar-refractivity contribution in [3.63, 3.8) is 0 Å². The summed E-state index contributed by atoms with van der Waals surface area (Å²) in [7, 11) is 0. The van der Waals surface area contributed by atoms with Crippen molar-refractivity contribution in [3.05, 3.63) is 182 Å². The molecule has 0 bridgehead atoms. The first-order chi connectivity index (χ1) is 24.8. The van der Waals surface area contributed by atoms with E-state index in [9.17, 15) is 0 Å². The summed E-state index contributed by atoms with van der Waals surface area (Å²) in [4.78, 5) is 4.32. The Kier molecular flexibility index (Phi) is 6.49. The van der Waals surface area contributed by atoms with Gasteiger partial charge >= 0.3 is 0 Å². The number of nitrogens with zero attached hydrogens (tertiary/aromatic N) is 2. The number of rotatable bonds is 5. The Bertz CT molecular complexity index is 2840. The van der Waals surface area contributed by atoms with Crippen LogP contribution in [-0.4, -0.2) is 9.55 Å². The first-order valence-electron chi connectivity index (χ1n) is 16.9. The van der Waals surface area contributed by atoms with Gasteiger partial charge in [-0.25, -0.2) is 0 Å². The third-order valence-corrected chi connectivity index (χ3v) is 9.88. The van der Waals surface area contributed by atoms with E-state index in [1.165, 1.54) is 55.2 Å². The topological polar surface area (TPSA) is 31.0 Å². The van der Waals surface area contributed by atoms with E-state index in [2.05, 4.69) is 173 Å². The molecule has 3 nitrogen and oxygen atoms in total. The second-order valence-electron chi connectivity index (χ2n) is 12.8. The van der Waals surface area contributed by atoms with Crippen molar-refractivity contribution in [2.24, 2.45) is 0 Å². The number of pyridine rings is 1. The number of hydrogen-bond acceptors (Lipinski definition) is 2. The molecule has 3 heteroatoms. The zero-order valence-corrected chi connectivity index (χ0v) is 27.1. The van der Waals surface area contributed by atoms with Gasteiger partial charge in [-0.1, -0.05) is 109 Å². The average Bonchev–Trinajstić information content (AvgIpc) is 3.74. The van der Waals surface area contributed by atoms with Crippen LogP contribution in [0, 0.1) is 0 Å². The molecule has 0 aliphatic carbocycles. The second-order valence-corrected chi connectivity index (χ2v) is 12.8. The van der Waals surface area contributed by atoms with Crippen molar-refractivity contribution >= 4 is 43.7 Å². The van der Waals surface area contributed by atoms with Crippen molar-refractivity contribution in [2.45, 2.75) is 0 Å². The molecule has 50 heavy (non-hydrogen) atoms. The molecular formula is C47H30N2O. The lowest BCUT2D eigenvalue weighted by atomic mass is 9.94. The zero-order chi connectivity index (χ0) is 33.0. The highest BCUT2D eigenvalue weighted by atomic mass is 16.3. The van der Waals surface area contributed by atoms with Crippen LogP contribution in [0.1, 0.15) is 0 Å². The van der Waals surface area contributed by atoms with E-state index in [1.54, 1.807) is 6.20 Å². The van der Waals surface area contributed by atoms with Crippen LogP contribution in [0.3, 0.4) is 0 Å². The monoisotopic (exact) mass is 638 g/mol. The number of furan rings is 1. The molecule has 3 heterocycles. The summed E-state index contributed by atoms with van der Waals surface area (Å²) in [6.07, 6.45) is 3.65. The summed E-state index contributed by atoms with van der Waals surface area (Å²) in [6, 6.07) is 61.0. The lowest BCUT2D eigenvalue weighted by Gasteiger charge is -2.12. The third-order valence-electron chi connectivity index (χ3n) is 9.88. The Balaban J connectivity index is 0.996. The fraction of sp³-hybridized carbons (Fsp3) is 0. The van der Waals surface area contributed by atoms with Crippen LogP contribution in [0.2, 0.25) is 0 Å². The van der Waals surface area contributed by atoms with Crippen LogP contribution in [0.25, 0.3) is 93.9 Å². The summed E-state index contributed by atoms with van der Waals surface area (Å²) < 4.78 is 8.42. The van der Waals surface area contributed by atoms with Crippen LogP contribution in [0.15, 0.2) is 187 Å². The van der Waals surface area contributed by atoms with Gasteiger partial charge in [0.2, 0.25) is 0 Å². The minimum Gasteiger partial charge on any atom is -0.456 e. The molecule has 0 fully saturated rings. The summed E-state index contributed by atoms with van der Waals surface area (Å²) >= 11 is 0. The Labute approximate surface area is 289 Å². The molecule has 0 saturated heterocycles. The van der Waals surface area contributed by atoms with Crippen LogP contribution in [0.5, 0.6) is 0 Å². The van der Waals surface area contributed by atoms with Gasteiger partial charge in [0.05, 0.1) is 11.0 Å². The quantitative estimate of drug-likeness (QED) is 0.188. The maximum absolute atomic E-state index is 6.04. The van der Waals surface area contributed by atoms with Crippen molar-refractivity contribution < 1.29 is 4.42 Å². The average molecular weight is 639 g/mol. The number of benzene rings is 7. The molecule has 0 N–H and O–H groups in total. The van der Waals surface area contributed by atoms with Crippen molar-refractivity contribution in [1.82, 2.24) is 9.55 Å². The molecule has 0 saturated carbocycles. The molecule has 0 unspecified atom stereocenters. The van der Waals surface area contributed by atoms with Crippen LogP contribution >= 0.6 is 0 Å². The molecule has 10 aromatic rings. The van der Waals surface area contributed by atoms with E-state index < -0.39 is 0 Å². The Morgan fingerprint density at radius 3 is 1.42 bits per heavy atom. The van der Waals surface area contributed by atoms with Crippen molar-refractivity contribution in [2.75, 3.05) is 0 Å². The molecule has 0 radical (unpaired) electrons. The molecule has 0 aliphatic heterocycles. The van der Waals surface area contributed by atoms with Gasteiger partial charge < -0.3 is 8.98 Å². The maximum Gasteiger partial charge on any atom is 0.138 e. The molecule has 0 aliphatic rings. The standard InChI is InChI=1S/C47H30N2O/c1-3-19-44-40(17-1)41-18-2-4-20-45(41)49(44)39-16-8-15-37(28-39)35-13-6-11-33(26-35)31-9-5-10-32(25-31)34-12-7-14-36(27-34)38-21-22-46-42(29-38)43-30-48-24-23-47(43)50-46/h1-30H. The van der Waals surface area contributed by atoms with Gasteiger partial charge in [0, 0.05) is 39.6 Å². The maximum atomic E-state index is 6.04. The fourth-order valence-corrected chi connectivity index (χ4v) is 7.46. The highest BCUT2D eigenvalue weighted by Crippen LogP contribution is 2.36. The second kappa shape index (κ2) is 11.5. The molecule has 7 aromatic carbocycles.